The van der Waals surface area contributed by atoms with Crippen LogP contribution in [0, 0.1) is 45.1 Å². The molecule has 0 bridgehead atoms. The molecule has 0 unspecified atom stereocenters. The van der Waals surface area contributed by atoms with Crippen molar-refractivity contribution in [3.63, 3.8) is 0 Å². The molecule has 3 heterocycles. The molecule has 3 aromatic rings. The molecule has 0 saturated carbocycles. The van der Waals surface area contributed by atoms with Crippen LogP contribution in [0.5, 0.6) is 0 Å². The molecule has 3 rings (SSSR count). The van der Waals surface area contributed by atoms with Gasteiger partial charge < -0.3 is 5.11 Å². The first-order valence-electron chi connectivity index (χ1n) is 7.79. The zero-order chi connectivity index (χ0) is 17.8. The van der Waals surface area contributed by atoms with Crippen LogP contribution in [0.25, 0.3) is 0 Å². The molecule has 0 amide bonds. The van der Waals surface area contributed by atoms with Crippen LogP contribution in [-0.2, 0) is 5.60 Å². The minimum absolute atomic E-state index is 1.03. The molecule has 0 aliphatic rings. The molecule has 0 aliphatic heterocycles. The third-order valence-corrected chi connectivity index (χ3v) is 9.46. The Morgan fingerprint density at radius 2 is 1.25 bits per heavy atom. The Bertz CT molecular complexity index is 867. The van der Waals surface area contributed by atoms with Gasteiger partial charge in [0.2, 0.25) is 0 Å². The smallest absolute Gasteiger partial charge is 0.152 e. The van der Waals surface area contributed by atoms with Gasteiger partial charge in [-0.05, 0) is 81.8 Å². The van der Waals surface area contributed by atoms with Gasteiger partial charge in [0.15, 0.2) is 5.60 Å². The minimum atomic E-state index is -1.07. The van der Waals surface area contributed by atoms with Crippen molar-refractivity contribution >= 4 is 56.6 Å². The maximum Gasteiger partial charge on any atom is 0.152 e. The van der Waals surface area contributed by atoms with Gasteiger partial charge in [-0.3, -0.25) is 0 Å². The Kier molecular flexibility index (Phi) is 5.03. The lowest BCUT2D eigenvalue weighted by molar-refractivity contribution is 0.128. The SMILES string of the molecule is Cc1cc(C(O)(c2cc(C)sc2C)c2sc(C)c(C)c2I)c(C)s1. The number of aliphatic hydroxyl groups is 1. The highest BCUT2D eigenvalue weighted by Gasteiger charge is 2.41. The highest BCUT2D eigenvalue weighted by molar-refractivity contribution is 14.1. The lowest BCUT2D eigenvalue weighted by Crippen LogP contribution is -2.29. The lowest BCUT2D eigenvalue weighted by atomic mass is 9.85. The van der Waals surface area contributed by atoms with Crippen LogP contribution in [0.4, 0.5) is 0 Å². The summed E-state index contributed by atoms with van der Waals surface area (Å²) in [4.78, 5) is 7.20. The molecule has 0 atom stereocenters. The molecular weight excluding hydrogens is 467 g/mol. The van der Waals surface area contributed by atoms with Crippen molar-refractivity contribution in [3.05, 3.63) is 61.7 Å². The van der Waals surface area contributed by atoms with Crippen LogP contribution in [-0.4, -0.2) is 5.11 Å². The maximum absolute atomic E-state index is 12.2. The first-order chi connectivity index (χ1) is 11.2. The van der Waals surface area contributed by atoms with Crippen LogP contribution in [0.2, 0.25) is 0 Å². The van der Waals surface area contributed by atoms with Crippen molar-refractivity contribution < 1.29 is 5.11 Å². The molecule has 1 N–H and O–H groups in total. The molecule has 24 heavy (non-hydrogen) atoms. The quantitative estimate of drug-likeness (QED) is 0.412. The Hall–Kier alpha value is -0.210. The average Bonchev–Trinajstić information content (AvgIpc) is 3.11. The van der Waals surface area contributed by atoms with E-state index >= 15 is 0 Å². The van der Waals surface area contributed by atoms with Crippen molar-refractivity contribution in [2.45, 2.75) is 47.1 Å². The van der Waals surface area contributed by atoms with E-state index < -0.39 is 5.60 Å². The summed E-state index contributed by atoms with van der Waals surface area (Å²) in [6.45, 7) is 12.8. The summed E-state index contributed by atoms with van der Waals surface area (Å²) in [5.74, 6) is 0. The number of hydrogen-bond donors (Lipinski definition) is 1. The van der Waals surface area contributed by atoms with E-state index in [9.17, 15) is 5.11 Å². The third kappa shape index (κ3) is 2.82. The molecule has 128 valence electrons. The summed E-state index contributed by atoms with van der Waals surface area (Å²) in [7, 11) is 0. The third-order valence-electron chi connectivity index (χ3n) is 4.50. The first kappa shape index (κ1) is 18.6. The van der Waals surface area contributed by atoms with E-state index in [1.54, 1.807) is 34.0 Å². The normalized spacial score (nSPS) is 12.2. The number of hydrogen-bond acceptors (Lipinski definition) is 4. The van der Waals surface area contributed by atoms with E-state index in [1.165, 1.54) is 33.5 Å². The summed E-state index contributed by atoms with van der Waals surface area (Å²) >= 11 is 7.65. The summed E-state index contributed by atoms with van der Waals surface area (Å²) in [5, 5.41) is 12.2. The van der Waals surface area contributed by atoms with E-state index in [0.29, 0.717) is 0 Å². The molecule has 3 aromatic heterocycles. The highest BCUT2D eigenvalue weighted by Crippen LogP contribution is 2.48. The highest BCUT2D eigenvalue weighted by atomic mass is 127. The van der Waals surface area contributed by atoms with Crippen molar-refractivity contribution in [2.75, 3.05) is 0 Å². The molecule has 5 heteroatoms. The van der Waals surface area contributed by atoms with E-state index in [0.717, 1.165) is 16.0 Å². The zero-order valence-electron chi connectivity index (χ0n) is 14.7. The topological polar surface area (TPSA) is 20.2 Å². The van der Waals surface area contributed by atoms with Crippen LogP contribution in [0.15, 0.2) is 12.1 Å². The lowest BCUT2D eigenvalue weighted by Gasteiger charge is -2.29. The predicted octanol–water partition coefficient (Wildman–Crippen LogP) is 6.61. The van der Waals surface area contributed by atoms with Crippen molar-refractivity contribution in [1.29, 1.82) is 0 Å². The minimum Gasteiger partial charge on any atom is -0.375 e. The number of rotatable bonds is 3. The van der Waals surface area contributed by atoms with E-state index in [-0.39, 0.29) is 0 Å². The second-order valence-corrected chi connectivity index (χ2v) is 11.5. The summed E-state index contributed by atoms with van der Waals surface area (Å²) in [5.41, 5.74) is 2.28. The molecule has 0 aliphatic carbocycles. The van der Waals surface area contributed by atoms with Gasteiger partial charge in [-0.15, -0.1) is 34.0 Å². The molecular formula is C19H21IOS3. The van der Waals surface area contributed by atoms with Gasteiger partial charge in [-0.1, -0.05) is 0 Å². The molecule has 0 saturated heterocycles. The van der Waals surface area contributed by atoms with Crippen LogP contribution in [0.3, 0.4) is 0 Å². The van der Waals surface area contributed by atoms with Gasteiger partial charge in [-0.25, -0.2) is 0 Å². The van der Waals surface area contributed by atoms with Crippen molar-refractivity contribution in [3.8, 4) is 0 Å². The summed E-state index contributed by atoms with van der Waals surface area (Å²) < 4.78 is 1.18. The van der Waals surface area contributed by atoms with E-state index in [4.69, 9.17) is 0 Å². The first-order valence-corrected chi connectivity index (χ1v) is 11.3. The van der Waals surface area contributed by atoms with Gasteiger partial charge in [-0.2, -0.15) is 0 Å². The second-order valence-electron chi connectivity index (χ2n) is 6.29. The summed E-state index contributed by atoms with van der Waals surface area (Å²) in [6.07, 6.45) is 0. The standard InChI is InChI=1S/C19H21IOS3/c1-9-7-15(13(5)22-9)19(21,16-8-10(2)23-14(16)6)18-17(20)11(3)12(4)24-18/h7-8,21H,1-6H3. The van der Waals surface area contributed by atoms with Crippen molar-refractivity contribution in [2.24, 2.45) is 0 Å². The largest absolute Gasteiger partial charge is 0.375 e. The predicted molar refractivity (Wildman–Crippen MR) is 116 cm³/mol. The van der Waals surface area contributed by atoms with E-state index in [1.807, 2.05) is 0 Å². The fourth-order valence-corrected chi connectivity index (χ4v) is 7.63. The van der Waals surface area contributed by atoms with Gasteiger partial charge in [0.1, 0.15) is 0 Å². The molecule has 0 fully saturated rings. The number of thiophene rings is 3. The van der Waals surface area contributed by atoms with Crippen LogP contribution < -0.4 is 0 Å². The van der Waals surface area contributed by atoms with Gasteiger partial charge in [0.25, 0.3) is 0 Å². The maximum atomic E-state index is 12.2. The molecule has 0 aromatic carbocycles. The van der Waals surface area contributed by atoms with Crippen LogP contribution in [0.1, 0.15) is 46.0 Å². The second kappa shape index (κ2) is 6.50. The Morgan fingerprint density at radius 3 is 1.54 bits per heavy atom. The molecule has 1 nitrogen and oxygen atoms in total. The van der Waals surface area contributed by atoms with Gasteiger partial charge in [0.05, 0.1) is 4.88 Å². The summed E-state index contributed by atoms with van der Waals surface area (Å²) in [6, 6.07) is 4.32. The Balaban J connectivity index is 2.39. The van der Waals surface area contributed by atoms with Gasteiger partial charge in [0, 0.05) is 39.1 Å². The molecule has 0 spiro atoms. The average molecular weight is 488 g/mol. The van der Waals surface area contributed by atoms with Gasteiger partial charge >= 0.3 is 0 Å². The van der Waals surface area contributed by atoms with Crippen molar-refractivity contribution in [1.82, 2.24) is 0 Å². The fraction of sp³-hybridized carbons (Fsp3) is 0.368. The monoisotopic (exact) mass is 488 g/mol. The number of halogens is 1. The van der Waals surface area contributed by atoms with Crippen LogP contribution >= 0.6 is 56.6 Å². The van der Waals surface area contributed by atoms with E-state index in [2.05, 4.69) is 76.3 Å². The molecule has 0 radical (unpaired) electrons. The fourth-order valence-electron chi connectivity index (χ4n) is 3.20. The zero-order valence-corrected chi connectivity index (χ0v) is 19.3. The Labute approximate surface area is 169 Å². The Morgan fingerprint density at radius 1 is 0.792 bits per heavy atom. The number of aryl methyl sites for hydroxylation is 5.